The van der Waals surface area contributed by atoms with Crippen molar-refractivity contribution in [2.45, 2.75) is 31.8 Å². The summed E-state index contributed by atoms with van der Waals surface area (Å²) in [6, 6.07) is 1.51. The van der Waals surface area contributed by atoms with Gasteiger partial charge < -0.3 is 31.1 Å². The van der Waals surface area contributed by atoms with Crippen LogP contribution in [-0.4, -0.2) is 63.4 Å². The molecule has 1 fully saturated rings. The molecule has 1 amide bonds. The Hall–Kier alpha value is -3.66. The number of nitrogens with two attached hydrogens (primary N) is 1. The summed E-state index contributed by atoms with van der Waals surface area (Å²) in [5.74, 6) is -7.47. The molecule has 0 saturated heterocycles. The first-order valence-corrected chi connectivity index (χ1v) is 10.4. The second-order valence-corrected chi connectivity index (χ2v) is 9.00. The molecule has 10 heteroatoms. The van der Waals surface area contributed by atoms with Crippen LogP contribution in [0.15, 0.2) is 23.0 Å². The van der Waals surface area contributed by atoms with Crippen molar-refractivity contribution < 1.29 is 39.6 Å². The Morgan fingerprint density at radius 1 is 1.15 bits per heavy atom. The summed E-state index contributed by atoms with van der Waals surface area (Å²) in [6.07, 6.45) is -0.157. The van der Waals surface area contributed by atoms with Crippen LogP contribution >= 0.6 is 0 Å². The van der Waals surface area contributed by atoms with E-state index in [0.29, 0.717) is 11.3 Å². The largest absolute Gasteiger partial charge is 0.508 e. The van der Waals surface area contributed by atoms with Crippen molar-refractivity contribution in [2.75, 3.05) is 19.0 Å². The molecule has 0 radical (unpaired) electrons. The van der Waals surface area contributed by atoms with Gasteiger partial charge in [0.25, 0.3) is 5.91 Å². The van der Waals surface area contributed by atoms with Gasteiger partial charge in [0.05, 0.1) is 11.1 Å². The Bertz CT molecular complexity index is 1230. The Morgan fingerprint density at radius 2 is 1.79 bits per heavy atom. The van der Waals surface area contributed by atoms with Crippen LogP contribution in [0.5, 0.6) is 5.75 Å². The third-order valence-corrected chi connectivity index (χ3v) is 6.90. The minimum absolute atomic E-state index is 0.0466. The van der Waals surface area contributed by atoms with Gasteiger partial charge in [-0.15, -0.1) is 0 Å². The van der Waals surface area contributed by atoms with E-state index in [-0.39, 0.29) is 36.0 Å². The van der Waals surface area contributed by atoms with Gasteiger partial charge in [-0.25, -0.2) is 0 Å². The molecule has 1 aromatic rings. The molecule has 0 heterocycles. The third-order valence-electron chi connectivity index (χ3n) is 6.90. The van der Waals surface area contributed by atoms with E-state index in [1.165, 1.54) is 13.0 Å². The highest BCUT2D eigenvalue weighted by Gasteiger charge is 2.60. The van der Waals surface area contributed by atoms with Gasteiger partial charge in [0, 0.05) is 37.7 Å². The summed E-state index contributed by atoms with van der Waals surface area (Å²) < 4.78 is 0. The predicted molar refractivity (Wildman–Crippen MR) is 116 cm³/mol. The van der Waals surface area contributed by atoms with Crippen molar-refractivity contribution in [1.82, 2.24) is 0 Å². The number of rotatable bonds is 3. The number of amides is 1. The summed E-state index contributed by atoms with van der Waals surface area (Å²) in [4.78, 5) is 51.4. The number of benzene rings is 1. The number of carbonyl (C=O) groups excluding carboxylic acids is 4. The van der Waals surface area contributed by atoms with E-state index < -0.39 is 63.5 Å². The molecule has 3 aliphatic rings. The molecule has 1 aromatic carbocycles. The molecule has 1 saturated carbocycles. The van der Waals surface area contributed by atoms with Gasteiger partial charge in [-0.1, -0.05) is 0 Å². The van der Waals surface area contributed by atoms with Crippen molar-refractivity contribution in [3.05, 3.63) is 39.7 Å². The van der Waals surface area contributed by atoms with Gasteiger partial charge in [0.1, 0.15) is 22.8 Å². The number of fused-ring (bicyclic) bond motifs is 3. The average Bonchev–Trinajstić information content (AvgIpc) is 2.70. The smallest absolute Gasteiger partial charge is 0.255 e. The number of hydrogen-bond donors (Lipinski definition) is 5. The maximum Gasteiger partial charge on any atom is 0.255 e. The van der Waals surface area contributed by atoms with Gasteiger partial charge >= 0.3 is 0 Å². The fraction of sp³-hybridized carbons (Fsp3) is 0.391. The van der Waals surface area contributed by atoms with Crippen molar-refractivity contribution in [2.24, 2.45) is 17.6 Å². The van der Waals surface area contributed by atoms with Crippen LogP contribution in [0, 0.1) is 11.8 Å². The number of aliphatic hydroxyl groups is 3. The van der Waals surface area contributed by atoms with Crippen LogP contribution in [-0.2, 0) is 20.8 Å². The monoisotopic (exact) mass is 456 g/mol. The summed E-state index contributed by atoms with van der Waals surface area (Å²) in [6.45, 7) is 1.25. The number of ketones is 3. The van der Waals surface area contributed by atoms with Gasteiger partial charge in [-0.2, -0.15) is 0 Å². The van der Waals surface area contributed by atoms with Crippen LogP contribution in [0.1, 0.15) is 41.3 Å². The molecular formula is C23H24N2O8. The van der Waals surface area contributed by atoms with E-state index in [9.17, 15) is 39.6 Å². The molecule has 0 bridgehead atoms. The molecule has 0 spiro atoms. The zero-order valence-corrected chi connectivity index (χ0v) is 18.3. The number of hydrogen-bond acceptors (Lipinski definition) is 9. The molecule has 4 rings (SSSR count). The lowest BCUT2D eigenvalue weighted by molar-refractivity contribution is -0.147. The standard InChI is InChI=1S/C23H24N2O8/c1-8(26)11-7-13(25(2)3)12-5-9-4-10-6-14(27)17(22(24)32)21(31)23(10,33)20(30)15(9)19(29)16(12)18(11)28/h7,9-10,28-29,31,33H,4-6H2,1-3H3,(H2,24,32). The van der Waals surface area contributed by atoms with E-state index in [4.69, 9.17) is 5.73 Å². The lowest BCUT2D eigenvalue weighted by Crippen LogP contribution is -2.58. The number of phenols is 1. The zero-order valence-electron chi connectivity index (χ0n) is 18.3. The SMILES string of the molecule is CC(=O)c1cc(N(C)C)c2c(c1O)C(O)=C1C(=O)C3(O)C(O)=C(C(N)=O)C(=O)CC3CC1C2. The first kappa shape index (κ1) is 22.5. The minimum atomic E-state index is -2.62. The Morgan fingerprint density at radius 3 is 2.33 bits per heavy atom. The second-order valence-electron chi connectivity index (χ2n) is 9.00. The number of nitrogens with zero attached hydrogens (tertiary/aromatic N) is 1. The number of phenolic OH excluding ortho intramolecular Hbond substituents is 1. The molecule has 3 atom stereocenters. The molecule has 6 N–H and O–H groups in total. The summed E-state index contributed by atoms with van der Waals surface area (Å²) in [5.41, 5.74) is 2.39. The van der Waals surface area contributed by atoms with Crippen LogP contribution in [0.4, 0.5) is 5.69 Å². The van der Waals surface area contributed by atoms with Gasteiger partial charge in [0.2, 0.25) is 5.78 Å². The van der Waals surface area contributed by atoms with Crippen molar-refractivity contribution in [3.8, 4) is 5.75 Å². The zero-order chi connectivity index (χ0) is 24.6. The second kappa shape index (κ2) is 7.17. The molecular weight excluding hydrogens is 432 g/mol. The van der Waals surface area contributed by atoms with Crippen molar-refractivity contribution in [3.63, 3.8) is 0 Å². The summed E-state index contributed by atoms with van der Waals surface area (Å²) >= 11 is 0. The van der Waals surface area contributed by atoms with Crippen LogP contribution < -0.4 is 10.6 Å². The summed E-state index contributed by atoms with van der Waals surface area (Å²) in [5, 5.41) is 43.7. The molecule has 174 valence electrons. The van der Waals surface area contributed by atoms with E-state index >= 15 is 0 Å². The molecule has 0 aliphatic heterocycles. The fourth-order valence-electron chi connectivity index (χ4n) is 5.34. The Balaban J connectivity index is 1.99. The number of Topliss-reactive ketones (excluding diaryl/α,β-unsaturated/α-hetero) is 3. The Kier molecular flexibility index (Phi) is 4.90. The molecule has 3 aliphatic carbocycles. The van der Waals surface area contributed by atoms with Gasteiger partial charge in [0.15, 0.2) is 17.2 Å². The van der Waals surface area contributed by atoms with Gasteiger partial charge in [-0.3, -0.25) is 19.2 Å². The molecule has 10 nitrogen and oxygen atoms in total. The normalized spacial score (nSPS) is 26.5. The van der Waals surface area contributed by atoms with E-state index in [1.807, 2.05) is 0 Å². The Labute approximate surface area is 188 Å². The average molecular weight is 456 g/mol. The van der Waals surface area contributed by atoms with Crippen LogP contribution in [0.2, 0.25) is 0 Å². The predicted octanol–water partition coefficient (Wildman–Crippen LogP) is 0.692. The number of carbonyl (C=O) groups is 4. The van der Waals surface area contributed by atoms with Crippen molar-refractivity contribution in [1.29, 1.82) is 0 Å². The number of primary amides is 1. The number of aliphatic hydroxyl groups excluding tert-OH is 2. The van der Waals surface area contributed by atoms with E-state index in [1.54, 1.807) is 19.0 Å². The van der Waals surface area contributed by atoms with Crippen LogP contribution in [0.25, 0.3) is 5.76 Å². The maximum absolute atomic E-state index is 13.5. The van der Waals surface area contributed by atoms with Crippen LogP contribution in [0.3, 0.4) is 0 Å². The maximum atomic E-state index is 13.5. The van der Waals surface area contributed by atoms with E-state index in [0.717, 1.165) is 0 Å². The topological polar surface area (TPSA) is 178 Å². The quantitative estimate of drug-likeness (QED) is 0.323. The summed E-state index contributed by atoms with van der Waals surface area (Å²) in [7, 11) is 3.46. The van der Waals surface area contributed by atoms with Gasteiger partial charge in [-0.05, 0) is 37.3 Å². The lowest BCUT2D eigenvalue weighted by atomic mass is 9.59. The highest BCUT2D eigenvalue weighted by molar-refractivity contribution is 6.22. The van der Waals surface area contributed by atoms with Crippen molar-refractivity contribution >= 4 is 34.7 Å². The molecule has 0 aromatic heterocycles. The minimum Gasteiger partial charge on any atom is -0.508 e. The first-order chi connectivity index (χ1) is 15.3. The highest BCUT2D eigenvalue weighted by atomic mass is 16.3. The third kappa shape index (κ3) is 2.90. The molecule has 3 unspecified atom stereocenters. The highest BCUT2D eigenvalue weighted by Crippen LogP contribution is 2.53. The number of aromatic hydroxyl groups is 1. The number of anilines is 1. The fourth-order valence-corrected chi connectivity index (χ4v) is 5.34. The lowest BCUT2D eigenvalue weighted by Gasteiger charge is -2.46. The first-order valence-electron chi connectivity index (χ1n) is 10.4. The van der Waals surface area contributed by atoms with E-state index in [2.05, 4.69) is 0 Å². The molecule has 33 heavy (non-hydrogen) atoms.